The maximum absolute atomic E-state index is 11.6. The summed E-state index contributed by atoms with van der Waals surface area (Å²) in [5.41, 5.74) is 3.12. The van der Waals surface area contributed by atoms with Crippen molar-refractivity contribution in [2.75, 3.05) is 6.61 Å². The Morgan fingerprint density at radius 1 is 1.50 bits per heavy atom. The molecular formula is C12H12Cl2N2O2. The summed E-state index contributed by atoms with van der Waals surface area (Å²) in [5.74, 6) is -0.228. The molecule has 96 valence electrons. The molecule has 0 aromatic heterocycles. The number of hydrogen-bond acceptors (Lipinski definition) is 3. The number of hydrogen-bond donors (Lipinski definition) is 1. The van der Waals surface area contributed by atoms with Crippen LogP contribution in [0.3, 0.4) is 0 Å². The van der Waals surface area contributed by atoms with Crippen LogP contribution in [0.15, 0.2) is 23.3 Å². The van der Waals surface area contributed by atoms with E-state index in [1.807, 2.05) is 0 Å². The molecule has 18 heavy (non-hydrogen) atoms. The van der Waals surface area contributed by atoms with Gasteiger partial charge in [-0.3, -0.25) is 4.79 Å². The molecule has 2 rings (SSSR count). The SMILES string of the molecule is O=C(NN=Cc1ccc(Cl)cc1Cl)C1CCCO1. The molecule has 0 bridgehead atoms. The fourth-order valence-corrected chi connectivity index (χ4v) is 2.09. The van der Waals surface area contributed by atoms with Gasteiger partial charge in [-0.15, -0.1) is 0 Å². The van der Waals surface area contributed by atoms with E-state index in [0.717, 1.165) is 12.8 Å². The van der Waals surface area contributed by atoms with Crippen LogP contribution in [0.4, 0.5) is 0 Å². The molecule has 0 saturated carbocycles. The molecule has 1 fully saturated rings. The fraction of sp³-hybridized carbons (Fsp3) is 0.333. The number of hydrazone groups is 1. The Balaban J connectivity index is 1.92. The van der Waals surface area contributed by atoms with Crippen LogP contribution in [-0.4, -0.2) is 24.8 Å². The molecule has 1 aromatic carbocycles. The van der Waals surface area contributed by atoms with Gasteiger partial charge >= 0.3 is 0 Å². The lowest BCUT2D eigenvalue weighted by Crippen LogP contribution is -2.30. The first-order valence-electron chi connectivity index (χ1n) is 5.56. The maximum atomic E-state index is 11.6. The summed E-state index contributed by atoms with van der Waals surface area (Å²) in [7, 11) is 0. The average Bonchev–Trinajstić information content (AvgIpc) is 2.85. The molecule has 1 heterocycles. The summed E-state index contributed by atoms with van der Waals surface area (Å²) >= 11 is 11.7. The van der Waals surface area contributed by atoms with Crippen molar-refractivity contribution in [2.45, 2.75) is 18.9 Å². The van der Waals surface area contributed by atoms with Crippen molar-refractivity contribution in [1.29, 1.82) is 0 Å². The van der Waals surface area contributed by atoms with E-state index in [1.54, 1.807) is 18.2 Å². The highest BCUT2D eigenvalue weighted by atomic mass is 35.5. The minimum atomic E-state index is -0.386. The molecule has 4 nitrogen and oxygen atoms in total. The van der Waals surface area contributed by atoms with Gasteiger partial charge in [0.25, 0.3) is 5.91 Å². The first kappa shape index (κ1) is 13.3. The first-order chi connectivity index (χ1) is 8.66. The predicted molar refractivity (Wildman–Crippen MR) is 71.2 cm³/mol. The summed E-state index contributed by atoms with van der Waals surface area (Å²) in [6, 6.07) is 5.05. The third-order valence-corrected chi connectivity index (χ3v) is 3.13. The highest BCUT2D eigenvalue weighted by Gasteiger charge is 2.22. The normalized spacial score (nSPS) is 19.3. The summed E-state index contributed by atoms with van der Waals surface area (Å²) < 4.78 is 5.23. The van der Waals surface area contributed by atoms with Gasteiger partial charge in [-0.05, 0) is 25.0 Å². The van der Waals surface area contributed by atoms with Gasteiger partial charge in [0.1, 0.15) is 6.10 Å². The lowest BCUT2D eigenvalue weighted by Gasteiger charge is -2.06. The van der Waals surface area contributed by atoms with Crippen molar-refractivity contribution in [3.63, 3.8) is 0 Å². The third-order valence-electron chi connectivity index (χ3n) is 2.56. The number of carbonyl (C=O) groups excluding carboxylic acids is 1. The molecular weight excluding hydrogens is 275 g/mol. The van der Waals surface area contributed by atoms with E-state index in [0.29, 0.717) is 22.2 Å². The Hall–Kier alpha value is -1.10. The molecule has 1 N–H and O–H groups in total. The number of halogens is 2. The van der Waals surface area contributed by atoms with Crippen molar-refractivity contribution in [2.24, 2.45) is 5.10 Å². The quantitative estimate of drug-likeness (QED) is 0.686. The van der Waals surface area contributed by atoms with Crippen molar-refractivity contribution in [3.8, 4) is 0 Å². The predicted octanol–water partition coefficient (Wildman–Crippen LogP) is 2.62. The Kier molecular flexibility index (Phi) is 4.58. The minimum Gasteiger partial charge on any atom is -0.368 e. The smallest absolute Gasteiger partial charge is 0.269 e. The standard InChI is InChI=1S/C12H12Cl2N2O2/c13-9-4-3-8(10(14)6-9)7-15-16-12(17)11-2-1-5-18-11/h3-4,6-7,11H,1-2,5H2,(H,16,17). The zero-order chi connectivity index (χ0) is 13.0. The molecule has 0 radical (unpaired) electrons. The number of nitrogens with one attached hydrogen (secondary N) is 1. The van der Waals surface area contributed by atoms with Crippen LogP contribution in [-0.2, 0) is 9.53 Å². The van der Waals surface area contributed by atoms with E-state index in [1.165, 1.54) is 6.21 Å². The van der Waals surface area contributed by atoms with Gasteiger partial charge in [0.15, 0.2) is 0 Å². The second-order valence-electron chi connectivity index (χ2n) is 3.90. The van der Waals surface area contributed by atoms with E-state index in [2.05, 4.69) is 10.5 Å². The van der Waals surface area contributed by atoms with Gasteiger partial charge in [-0.2, -0.15) is 5.10 Å². The molecule has 1 aliphatic rings. The summed E-state index contributed by atoms with van der Waals surface area (Å²) in [6.07, 6.45) is 2.74. The zero-order valence-corrected chi connectivity index (χ0v) is 11.0. The fourth-order valence-electron chi connectivity index (χ4n) is 1.63. The van der Waals surface area contributed by atoms with Crippen molar-refractivity contribution in [3.05, 3.63) is 33.8 Å². The van der Waals surface area contributed by atoms with Gasteiger partial charge in [0, 0.05) is 17.2 Å². The van der Waals surface area contributed by atoms with Gasteiger partial charge in [0.05, 0.1) is 11.2 Å². The lowest BCUT2D eigenvalue weighted by molar-refractivity contribution is -0.130. The number of nitrogens with zero attached hydrogens (tertiary/aromatic N) is 1. The van der Waals surface area contributed by atoms with E-state index in [4.69, 9.17) is 27.9 Å². The lowest BCUT2D eigenvalue weighted by atomic mass is 10.2. The van der Waals surface area contributed by atoms with Crippen LogP contribution in [0.25, 0.3) is 0 Å². The van der Waals surface area contributed by atoms with Crippen molar-refractivity contribution >= 4 is 35.3 Å². The second-order valence-corrected chi connectivity index (χ2v) is 4.75. The number of benzene rings is 1. The number of carbonyl (C=O) groups is 1. The molecule has 1 amide bonds. The van der Waals surface area contributed by atoms with E-state index in [9.17, 15) is 4.79 Å². The summed E-state index contributed by atoms with van der Waals surface area (Å²) in [6.45, 7) is 0.630. The van der Waals surface area contributed by atoms with Crippen molar-refractivity contribution < 1.29 is 9.53 Å². The zero-order valence-electron chi connectivity index (χ0n) is 9.53. The van der Waals surface area contributed by atoms with E-state index >= 15 is 0 Å². The van der Waals surface area contributed by atoms with Gasteiger partial charge in [-0.1, -0.05) is 29.3 Å². The Morgan fingerprint density at radius 3 is 3.00 bits per heavy atom. The van der Waals surface area contributed by atoms with Gasteiger partial charge in [0.2, 0.25) is 0 Å². The molecule has 1 aromatic rings. The van der Waals surface area contributed by atoms with Gasteiger partial charge in [-0.25, -0.2) is 5.43 Å². The molecule has 1 unspecified atom stereocenters. The minimum absolute atomic E-state index is 0.228. The monoisotopic (exact) mass is 286 g/mol. The Morgan fingerprint density at radius 2 is 2.33 bits per heavy atom. The van der Waals surface area contributed by atoms with Crippen LogP contribution < -0.4 is 5.43 Å². The average molecular weight is 287 g/mol. The second kappa shape index (κ2) is 6.18. The first-order valence-corrected chi connectivity index (χ1v) is 6.32. The summed E-state index contributed by atoms with van der Waals surface area (Å²) in [5, 5.41) is 4.88. The van der Waals surface area contributed by atoms with Crippen LogP contribution >= 0.6 is 23.2 Å². The largest absolute Gasteiger partial charge is 0.368 e. The van der Waals surface area contributed by atoms with Crippen LogP contribution in [0, 0.1) is 0 Å². The number of rotatable bonds is 3. The molecule has 1 aliphatic heterocycles. The van der Waals surface area contributed by atoms with Gasteiger partial charge < -0.3 is 4.74 Å². The third kappa shape index (κ3) is 3.45. The van der Waals surface area contributed by atoms with Crippen molar-refractivity contribution in [1.82, 2.24) is 5.43 Å². The van der Waals surface area contributed by atoms with E-state index < -0.39 is 0 Å². The molecule has 0 aliphatic carbocycles. The molecule has 6 heteroatoms. The number of ether oxygens (including phenoxy) is 1. The molecule has 1 atom stereocenters. The Bertz CT molecular complexity index is 471. The highest BCUT2D eigenvalue weighted by molar-refractivity contribution is 6.36. The topological polar surface area (TPSA) is 50.7 Å². The Labute approximate surface area is 115 Å². The molecule has 1 saturated heterocycles. The van der Waals surface area contributed by atoms with E-state index in [-0.39, 0.29) is 12.0 Å². The van der Waals surface area contributed by atoms with Crippen LogP contribution in [0.1, 0.15) is 18.4 Å². The van der Waals surface area contributed by atoms with Crippen LogP contribution in [0.2, 0.25) is 10.0 Å². The number of amides is 1. The molecule has 0 spiro atoms. The van der Waals surface area contributed by atoms with Crippen LogP contribution in [0.5, 0.6) is 0 Å². The maximum Gasteiger partial charge on any atom is 0.269 e. The highest BCUT2D eigenvalue weighted by Crippen LogP contribution is 2.19. The summed E-state index contributed by atoms with van der Waals surface area (Å²) in [4.78, 5) is 11.6.